The summed E-state index contributed by atoms with van der Waals surface area (Å²) >= 11 is 0. The van der Waals surface area contributed by atoms with Crippen LogP contribution in [-0.4, -0.2) is 76.7 Å². The Labute approximate surface area is 169 Å². The Morgan fingerprint density at radius 1 is 1.10 bits per heavy atom. The second kappa shape index (κ2) is 7.39. The number of carbonyl (C=O) groups excluding carboxylic acids is 3. The summed E-state index contributed by atoms with van der Waals surface area (Å²) in [5, 5.41) is 0. The van der Waals surface area contributed by atoms with Gasteiger partial charge in [0, 0.05) is 57.3 Å². The number of amides is 3. The Hall–Kier alpha value is -2.51. The van der Waals surface area contributed by atoms with Gasteiger partial charge in [0.15, 0.2) is 11.5 Å². The predicted octanol–water partition coefficient (Wildman–Crippen LogP) is 1.40. The van der Waals surface area contributed by atoms with Crippen LogP contribution in [0.25, 0.3) is 0 Å². The molecule has 3 aliphatic heterocycles. The van der Waals surface area contributed by atoms with Gasteiger partial charge in [0.25, 0.3) is 5.91 Å². The van der Waals surface area contributed by atoms with Crippen LogP contribution in [0.2, 0.25) is 0 Å². The molecule has 0 N–H and O–H groups in total. The first-order valence-electron chi connectivity index (χ1n) is 10.3. The summed E-state index contributed by atoms with van der Waals surface area (Å²) in [4.78, 5) is 48.1. The molecule has 3 fully saturated rings. The van der Waals surface area contributed by atoms with Crippen LogP contribution in [-0.2, 0) is 9.59 Å². The highest BCUT2D eigenvalue weighted by atomic mass is 19.1. The summed E-state index contributed by atoms with van der Waals surface area (Å²) in [6.07, 6.45) is 3.34. The molecule has 0 radical (unpaired) electrons. The van der Waals surface area contributed by atoms with Crippen LogP contribution >= 0.6 is 0 Å². The first-order valence-corrected chi connectivity index (χ1v) is 10.3. The number of hydrogen-bond donors (Lipinski definition) is 0. The van der Waals surface area contributed by atoms with E-state index in [0.717, 1.165) is 12.8 Å². The second-order valence-electron chi connectivity index (χ2n) is 8.75. The molecule has 29 heavy (non-hydrogen) atoms. The largest absolute Gasteiger partial charge is 0.342 e. The number of aromatic nitrogens is 1. The van der Waals surface area contributed by atoms with Crippen molar-refractivity contribution in [2.45, 2.75) is 26.7 Å². The molecule has 156 valence electrons. The molecule has 2 atom stereocenters. The maximum Gasteiger partial charge on any atom is 0.275 e. The Morgan fingerprint density at radius 3 is 2.41 bits per heavy atom. The van der Waals surface area contributed by atoms with Crippen molar-refractivity contribution in [3.05, 3.63) is 29.8 Å². The number of halogens is 1. The van der Waals surface area contributed by atoms with Gasteiger partial charge in [0.1, 0.15) is 0 Å². The van der Waals surface area contributed by atoms with Crippen molar-refractivity contribution in [3.63, 3.8) is 0 Å². The molecule has 3 aliphatic rings. The van der Waals surface area contributed by atoms with E-state index in [2.05, 4.69) is 4.98 Å². The van der Waals surface area contributed by atoms with Crippen LogP contribution < -0.4 is 0 Å². The molecule has 4 rings (SSSR count). The summed E-state index contributed by atoms with van der Waals surface area (Å²) in [5.41, 5.74) is -1.03. The SMILES string of the molecule is CC(C)C(=O)N1CC2CN(C(=O)c3ncccc3F)CC2(C(=O)N2CCCC2)C1. The Balaban J connectivity index is 1.62. The average molecular weight is 402 g/mol. The Morgan fingerprint density at radius 2 is 1.76 bits per heavy atom. The van der Waals surface area contributed by atoms with E-state index in [9.17, 15) is 18.8 Å². The lowest BCUT2D eigenvalue weighted by atomic mass is 9.79. The fourth-order valence-corrected chi connectivity index (χ4v) is 4.98. The monoisotopic (exact) mass is 402 g/mol. The molecule has 1 aromatic heterocycles. The lowest BCUT2D eigenvalue weighted by Crippen LogP contribution is -2.49. The van der Waals surface area contributed by atoms with Crippen LogP contribution in [0.5, 0.6) is 0 Å². The molecule has 1 aromatic rings. The smallest absolute Gasteiger partial charge is 0.275 e. The molecule has 4 heterocycles. The first-order chi connectivity index (χ1) is 13.8. The molecular weight excluding hydrogens is 375 g/mol. The fourth-order valence-electron chi connectivity index (χ4n) is 4.98. The minimum Gasteiger partial charge on any atom is -0.342 e. The van der Waals surface area contributed by atoms with Gasteiger partial charge in [-0.05, 0) is 25.0 Å². The number of nitrogens with zero attached hydrogens (tertiary/aromatic N) is 4. The van der Waals surface area contributed by atoms with Crippen molar-refractivity contribution >= 4 is 17.7 Å². The lowest BCUT2D eigenvalue weighted by Gasteiger charge is -2.32. The highest BCUT2D eigenvalue weighted by molar-refractivity contribution is 5.94. The molecule has 0 aliphatic carbocycles. The van der Waals surface area contributed by atoms with E-state index in [1.54, 1.807) is 9.80 Å². The number of pyridine rings is 1. The molecule has 0 bridgehead atoms. The second-order valence-corrected chi connectivity index (χ2v) is 8.75. The van der Waals surface area contributed by atoms with Crippen molar-refractivity contribution in [2.24, 2.45) is 17.3 Å². The van der Waals surface area contributed by atoms with E-state index >= 15 is 0 Å². The number of likely N-dealkylation sites (tertiary alicyclic amines) is 3. The van der Waals surface area contributed by atoms with Gasteiger partial charge in [-0.15, -0.1) is 0 Å². The van der Waals surface area contributed by atoms with E-state index in [1.807, 2.05) is 18.7 Å². The molecule has 2 unspecified atom stereocenters. The number of carbonyl (C=O) groups is 3. The van der Waals surface area contributed by atoms with Gasteiger partial charge in [0.05, 0.1) is 5.41 Å². The minimum atomic E-state index is -0.810. The van der Waals surface area contributed by atoms with Crippen molar-refractivity contribution in [3.8, 4) is 0 Å². The van der Waals surface area contributed by atoms with Crippen LogP contribution in [0.1, 0.15) is 37.2 Å². The van der Waals surface area contributed by atoms with Crippen molar-refractivity contribution in [1.29, 1.82) is 0 Å². The van der Waals surface area contributed by atoms with Crippen LogP contribution in [0.4, 0.5) is 4.39 Å². The Kier molecular flexibility index (Phi) is 5.04. The van der Waals surface area contributed by atoms with E-state index < -0.39 is 17.1 Å². The number of rotatable bonds is 3. The quantitative estimate of drug-likeness (QED) is 0.766. The van der Waals surface area contributed by atoms with Crippen LogP contribution in [0.3, 0.4) is 0 Å². The van der Waals surface area contributed by atoms with Gasteiger partial charge in [0.2, 0.25) is 11.8 Å². The summed E-state index contributed by atoms with van der Waals surface area (Å²) in [7, 11) is 0. The van der Waals surface area contributed by atoms with Crippen molar-refractivity contribution in [1.82, 2.24) is 19.7 Å². The zero-order valence-electron chi connectivity index (χ0n) is 16.9. The third kappa shape index (κ3) is 3.28. The van der Waals surface area contributed by atoms with Gasteiger partial charge >= 0.3 is 0 Å². The molecule has 3 saturated heterocycles. The van der Waals surface area contributed by atoms with E-state index in [1.165, 1.54) is 18.3 Å². The predicted molar refractivity (Wildman–Crippen MR) is 103 cm³/mol. The molecular formula is C21H27FN4O3. The maximum absolute atomic E-state index is 14.1. The summed E-state index contributed by atoms with van der Waals surface area (Å²) in [6, 6.07) is 2.66. The normalized spacial score (nSPS) is 26.3. The fraction of sp³-hybridized carbons (Fsp3) is 0.619. The minimum absolute atomic E-state index is 0.0239. The Bertz CT molecular complexity index is 839. The molecule has 7 nitrogen and oxygen atoms in total. The maximum atomic E-state index is 14.1. The molecule has 3 amide bonds. The average Bonchev–Trinajstić information content (AvgIpc) is 3.41. The number of fused-ring (bicyclic) bond motifs is 1. The zero-order chi connectivity index (χ0) is 20.8. The van der Waals surface area contributed by atoms with Crippen molar-refractivity contribution < 1.29 is 18.8 Å². The molecule has 0 aromatic carbocycles. The number of hydrogen-bond acceptors (Lipinski definition) is 4. The first kappa shape index (κ1) is 19.8. The molecule has 0 spiro atoms. The van der Waals surface area contributed by atoms with Crippen LogP contribution in [0.15, 0.2) is 18.3 Å². The highest BCUT2D eigenvalue weighted by Crippen LogP contribution is 2.45. The molecule has 8 heteroatoms. The van der Waals surface area contributed by atoms with Crippen molar-refractivity contribution in [2.75, 3.05) is 39.3 Å². The third-order valence-corrected chi connectivity index (χ3v) is 6.48. The van der Waals surface area contributed by atoms with Crippen LogP contribution in [0, 0.1) is 23.1 Å². The van der Waals surface area contributed by atoms with Gasteiger partial charge in [-0.25, -0.2) is 9.37 Å². The summed E-state index contributed by atoms with van der Waals surface area (Å²) in [6.45, 7) is 6.43. The third-order valence-electron chi connectivity index (χ3n) is 6.48. The van der Waals surface area contributed by atoms with Gasteiger partial charge < -0.3 is 14.7 Å². The summed E-state index contributed by atoms with van der Waals surface area (Å²) < 4.78 is 14.1. The topological polar surface area (TPSA) is 73.8 Å². The lowest BCUT2D eigenvalue weighted by molar-refractivity contribution is -0.141. The molecule has 0 saturated carbocycles. The standard InChI is InChI=1S/C21H27FN4O3/c1-14(2)18(27)25-10-15-11-26(19(28)17-16(22)6-5-7-23-17)13-21(15,12-25)20(29)24-8-3-4-9-24/h5-7,14-15H,3-4,8-13H2,1-2H3. The highest BCUT2D eigenvalue weighted by Gasteiger charge is 2.60. The van der Waals surface area contributed by atoms with E-state index in [0.29, 0.717) is 32.7 Å². The summed E-state index contributed by atoms with van der Waals surface area (Å²) in [5.74, 6) is -1.39. The van der Waals surface area contributed by atoms with Gasteiger partial charge in [-0.2, -0.15) is 0 Å². The van der Waals surface area contributed by atoms with E-state index in [-0.39, 0.29) is 35.9 Å². The van der Waals surface area contributed by atoms with Gasteiger partial charge in [-0.3, -0.25) is 14.4 Å². The zero-order valence-corrected chi connectivity index (χ0v) is 16.9. The van der Waals surface area contributed by atoms with E-state index in [4.69, 9.17) is 0 Å². The van der Waals surface area contributed by atoms with Gasteiger partial charge in [-0.1, -0.05) is 13.8 Å².